The molecule has 0 aromatic carbocycles. The van der Waals surface area contributed by atoms with E-state index in [-0.39, 0.29) is 6.03 Å². The fourth-order valence-electron chi connectivity index (χ4n) is 1.91. The maximum atomic E-state index is 12.1. The number of nitrogens with zero attached hydrogens (tertiary/aromatic N) is 2. The minimum absolute atomic E-state index is 0.321. The highest BCUT2D eigenvalue weighted by atomic mass is 35.6. The van der Waals surface area contributed by atoms with Gasteiger partial charge in [0.25, 0.3) is 0 Å². The molecule has 128 valence electrons. The van der Waals surface area contributed by atoms with E-state index in [0.717, 1.165) is 0 Å². The van der Waals surface area contributed by atoms with Crippen LogP contribution in [0.4, 0.5) is 4.79 Å². The summed E-state index contributed by atoms with van der Waals surface area (Å²) in [5.74, 6) is 0. The predicted octanol–water partition coefficient (Wildman–Crippen LogP) is 1.94. The number of alkyl halides is 3. The van der Waals surface area contributed by atoms with Crippen molar-refractivity contribution in [2.45, 2.75) is 23.8 Å². The summed E-state index contributed by atoms with van der Waals surface area (Å²) in [7, 11) is 0. The summed E-state index contributed by atoms with van der Waals surface area (Å²) < 4.78 is 3.53. The quantitative estimate of drug-likeness (QED) is 0.436. The second kappa shape index (κ2) is 9.17. The zero-order valence-corrected chi connectivity index (χ0v) is 15.7. The average molecular weight is 392 g/mol. The molecule has 22 heavy (non-hydrogen) atoms. The Morgan fingerprint density at radius 1 is 1.27 bits per heavy atom. The fraction of sp³-hybridized carbons (Fsp3) is 0.833. The molecule has 0 bridgehead atoms. The van der Waals surface area contributed by atoms with Crippen molar-refractivity contribution in [3.63, 3.8) is 0 Å². The second-order valence-electron chi connectivity index (χ2n) is 4.65. The first-order valence-electron chi connectivity index (χ1n) is 7.04. The summed E-state index contributed by atoms with van der Waals surface area (Å²) in [5, 5.41) is 5.99. The van der Waals surface area contributed by atoms with Crippen molar-refractivity contribution in [3.05, 3.63) is 0 Å². The van der Waals surface area contributed by atoms with Crippen molar-refractivity contribution in [2.24, 2.45) is 0 Å². The summed E-state index contributed by atoms with van der Waals surface area (Å²) in [6.07, 6.45) is -0.930. The number of rotatable bonds is 4. The summed E-state index contributed by atoms with van der Waals surface area (Å²) in [5.41, 5.74) is 0. The first-order valence-corrected chi connectivity index (χ1v) is 8.59. The van der Waals surface area contributed by atoms with Gasteiger partial charge in [-0.05, 0) is 26.1 Å². The lowest BCUT2D eigenvalue weighted by Crippen LogP contribution is -2.60. The van der Waals surface area contributed by atoms with Crippen LogP contribution in [-0.4, -0.2) is 70.3 Å². The Morgan fingerprint density at radius 2 is 1.82 bits per heavy atom. The van der Waals surface area contributed by atoms with Crippen LogP contribution in [-0.2, 0) is 4.74 Å². The van der Waals surface area contributed by atoms with Gasteiger partial charge >= 0.3 is 6.03 Å². The lowest BCUT2D eigenvalue weighted by Gasteiger charge is -2.34. The molecule has 0 aromatic heterocycles. The number of carbonyl (C=O) groups is 1. The highest BCUT2D eigenvalue weighted by molar-refractivity contribution is 7.80. The van der Waals surface area contributed by atoms with Gasteiger partial charge in [-0.15, -0.1) is 0 Å². The first-order chi connectivity index (χ1) is 10.3. The molecule has 0 spiro atoms. The molecule has 0 radical (unpaired) electrons. The molecule has 0 aliphatic carbocycles. The van der Waals surface area contributed by atoms with Crippen LogP contribution >= 0.6 is 47.0 Å². The van der Waals surface area contributed by atoms with E-state index in [0.29, 0.717) is 44.5 Å². The van der Waals surface area contributed by atoms with Gasteiger partial charge in [0.1, 0.15) is 0 Å². The number of urea groups is 1. The van der Waals surface area contributed by atoms with Crippen LogP contribution in [0.25, 0.3) is 0 Å². The van der Waals surface area contributed by atoms with Crippen LogP contribution < -0.4 is 10.6 Å². The molecule has 1 fully saturated rings. The van der Waals surface area contributed by atoms with Gasteiger partial charge in [0.05, 0.1) is 13.2 Å². The summed E-state index contributed by atoms with van der Waals surface area (Å²) in [6, 6.07) is -0.321. The van der Waals surface area contributed by atoms with Crippen molar-refractivity contribution in [3.8, 4) is 0 Å². The Labute approximate surface area is 151 Å². The van der Waals surface area contributed by atoms with Crippen LogP contribution in [0.15, 0.2) is 0 Å². The van der Waals surface area contributed by atoms with E-state index in [4.69, 9.17) is 51.8 Å². The van der Waals surface area contributed by atoms with Gasteiger partial charge in [-0.1, -0.05) is 34.8 Å². The molecule has 2 N–H and O–H groups in total. The maximum Gasteiger partial charge on any atom is 0.319 e. The third kappa shape index (κ3) is 6.12. The number of thiocarbonyl (C=S) groups is 1. The first kappa shape index (κ1) is 19.8. The Balaban J connectivity index is 2.68. The number of ether oxygens (including phenoxy) is 1. The van der Waals surface area contributed by atoms with Crippen LogP contribution in [0.3, 0.4) is 0 Å². The highest BCUT2D eigenvalue weighted by Crippen LogP contribution is 2.29. The molecule has 1 aliphatic heterocycles. The van der Waals surface area contributed by atoms with E-state index in [1.807, 2.05) is 18.7 Å². The molecule has 1 heterocycles. The molecule has 1 atom stereocenters. The van der Waals surface area contributed by atoms with Gasteiger partial charge in [-0.2, -0.15) is 0 Å². The molecular formula is C12H21Cl3N4O2S. The Bertz CT molecular complexity index is 385. The van der Waals surface area contributed by atoms with Gasteiger partial charge in [-0.25, -0.2) is 4.79 Å². The van der Waals surface area contributed by atoms with Crippen molar-refractivity contribution in [2.75, 3.05) is 39.4 Å². The summed E-state index contributed by atoms with van der Waals surface area (Å²) >= 11 is 23.2. The Hall–Kier alpha value is -0.210. The molecule has 1 rings (SSSR count). The van der Waals surface area contributed by atoms with Crippen LogP contribution in [0, 0.1) is 0 Å². The number of halogens is 3. The van der Waals surface area contributed by atoms with E-state index < -0.39 is 9.96 Å². The van der Waals surface area contributed by atoms with Gasteiger partial charge in [0, 0.05) is 26.2 Å². The number of hydrogen-bond acceptors (Lipinski definition) is 3. The van der Waals surface area contributed by atoms with Crippen molar-refractivity contribution >= 4 is 58.2 Å². The van der Waals surface area contributed by atoms with Crippen LogP contribution in [0.1, 0.15) is 13.8 Å². The molecule has 10 heteroatoms. The summed E-state index contributed by atoms with van der Waals surface area (Å²) in [6.45, 7) is 7.35. The zero-order chi connectivity index (χ0) is 16.8. The molecule has 2 amide bonds. The topological polar surface area (TPSA) is 56.8 Å². The van der Waals surface area contributed by atoms with Gasteiger partial charge in [-0.3, -0.25) is 0 Å². The Morgan fingerprint density at radius 3 is 2.27 bits per heavy atom. The molecule has 6 nitrogen and oxygen atoms in total. The minimum Gasteiger partial charge on any atom is -0.378 e. The third-order valence-electron chi connectivity index (χ3n) is 3.21. The van der Waals surface area contributed by atoms with Crippen LogP contribution in [0.5, 0.6) is 0 Å². The van der Waals surface area contributed by atoms with E-state index in [1.165, 1.54) is 0 Å². The molecule has 0 saturated carbocycles. The number of hydrogen-bond donors (Lipinski definition) is 2. The number of carbonyl (C=O) groups excluding carboxylic acids is 1. The third-order valence-corrected chi connectivity index (χ3v) is 4.24. The number of amides is 2. The zero-order valence-electron chi connectivity index (χ0n) is 12.6. The van der Waals surface area contributed by atoms with Crippen molar-refractivity contribution < 1.29 is 9.53 Å². The number of nitrogens with one attached hydrogen (secondary N) is 2. The second-order valence-corrected chi connectivity index (χ2v) is 7.40. The van der Waals surface area contributed by atoms with E-state index in [9.17, 15) is 4.79 Å². The smallest absolute Gasteiger partial charge is 0.319 e. The summed E-state index contributed by atoms with van der Waals surface area (Å²) in [4.78, 5) is 15.6. The van der Waals surface area contributed by atoms with Crippen molar-refractivity contribution in [1.29, 1.82) is 0 Å². The largest absolute Gasteiger partial charge is 0.378 e. The molecule has 0 aromatic rings. The molecule has 1 saturated heterocycles. The van der Waals surface area contributed by atoms with E-state index in [2.05, 4.69) is 10.6 Å². The standard InChI is InChI=1S/C12H21Cl3N4O2S/c1-3-18(4-2)10(20)16-9(12(13,14)15)17-11(22)19-5-7-21-8-6-19/h9H,3-8H2,1-2H3,(H,16,20)(H,17,22)/t9-/m1/s1. The van der Waals surface area contributed by atoms with Crippen molar-refractivity contribution in [1.82, 2.24) is 20.4 Å². The number of morpholine rings is 1. The monoisotopic (exact) mass is 390 g/mol. The van der Waals surface area contributed by atoms with E-state index in [1.54, 1.807) is 4.90 Å². The normalized spacial score (nSPS) is 16.9. The molecule has 0 unspecified atom stereocenters. The lowest BCUT2D eigenvalue weighted by molar-refractivity contribution is 0.0673. The van der Waals surface area contributed by atoms with E-state index >= 15 is 0 Å². The fourth-order valence-corrected chi connectivity index (χ4v) is 2.53. The van der Waals surface area contributed by atoms with Gasteiger partial charge < -0.3 is 25.2 Å². The van der Waals surface area contributed by atoms with Gasteiger partial charge in [0.2, 0.25) is 3.79 Å². The SMILES string of the molecule is CCN(CC)C(=O)N[C@H](NC(=S)N1CCOCC1)C(Cl)(Cl)Cl. The Kier molecular flexibility index (Phi) is 8.27. The highest BCUT2D eigenvalue weighted by Gasteiger charge is 2.36. The van der Waals surface area contributed by atoms with Gasteiger partial charge in [0.15, 0.2) is 11.3 Å². The van der Waals surface area contributed by atoms with Crippen LogP contribution in [0.2, 0.25) is 0 Å². The maximum absolute atomic E-state index is 12.1. The minimum atomic E-state index is -1.74. The predicted molar refractivity (Wildman–Crippen MR) is 93.7 cm³/mol. The lowest BCUT2D eigenvalue weighted by atomic mass is 10.4. The average Bonchev–Trinajstić information content (AvgIpc) is 2.47. The molecule has 1 aliphatic rings. The molecular weight excluding hydrogens is 371 g/mol.